The summed E-state index contributed by atoms with van der Waals surface area (Å²) in [6.45, 7) is 1.04. The van der Waals surface area contributed by atoms with Crippen LogP contribution in [-0.2, 0) is 0 Å². The number of aliphatic hydroxyl groups excluding tert-OH is 2. The molecule has 0 atom stereocenters. The van der Waals surface area contributed by atoms with Gasteiger partial charge in [-0.15, -0.1) is 10.2 Å². The number of aliphatic hydroxyl groups is 2. The smallest absolute Gasteiger partial charge is 0.231 e. The fourth-order valence-electron chi connectivity index (χ4n) is 2.34. The normalized spacial score (nSPS) is 11.4. The van der Waals surface area contributed by atoms with Crippen LogP contribution in [-0.4, -0.2) is 41.5 Å². The van der Waals surface area contributed by atoms with E-state index in [1.807, 2.05) is 53.4 Å². The van der Waals surface area contributed by atoms with E-state index < -0.39 is 0 Å². The van der Waals surface area contributed by atoms with E-state index >= 15 is 0 Å². The lowest BCUT2D eigenvalue weighted by atomic mass is 10.2. The molecule has 3 rings (SSSR count). The molecule has 2 aromatic carbocycles. The number of thiazole rings is 1. The van der Waals surface area contributed by atoms with Gasteiger partial charge in [0.2, 0.25) is 5.13 Å². The van der Waals surface area contributed by atoms with Crippen molar-refractivity contribution < 1.29 is 10.2 Å². The van der Waals surface area contributed by atoms with Gasteiger partial charge in [-0.25, -0.2) is 4.98 Å². The van der Waals surface area contributed by atoms with Crippen molar-refractivity contribution in [3.63, 3.8) is 0 Å². The van der Waals surface area contributed by atoms with E-state index in [1.54, 1.807) is 0 Å². The number of aromatic nitrogens is 1. The van der Waals surface area contributed by atoms with Crippen LogP contribution in [0.1, 0.15) is 0 Å². The van der Waals surface area contributed by atoms with Crippen LogP contribution in [0, 0.1) is 0 Å². The summed E-state index contributed by atoms with van der Waals surface area (Å²) in [5.74, 6) is 0. The molecule has 0 spiro atoms. The first-order valence-electron chi connectivity index (χ1n) is 7.64. The number of nitrogens with zero attached hydrogens (tertiary/aromatic N) is 4. The van der Waals surface area contributed by atoms with E-state index in [0.29, 0.717) is 18.2 Å². The highest BCUT2D eigenvalue weighted by molar-refractivity contribution is 7.21. The Morgan fingerprint density at radius 2 is 1.62 bits per heavy atom. The first-order valence-corrected chi connectivity index (χ1v) is 8.46. The van der Waals surface area contributed by atoms with Gasteiger partial charge in [-0.1, -0.05) is 23.5 Å². The van der Waals surface area contributed by atoms with Gasteiger partial charge in [0.05, 0.1) is 29.1 Å². The van der Waals surface area contributed by atoms with Gasteiger partial charge in [0.25, 0.3) is 0 Å². The maximum absolute atomic E-state index is 9.09. The quantitative estimate of drug-likeness (QED) is 0.644. The number of azo groups is 1. The fraction of sp³-hybridized carbons (Fsp3) is 0.235. The lowest BCUT2D eigenvalue weighted by Gasteiger charge is -2.22. The van der Waals surface area contributed by atoms with Crippen molar-refractivity contribution in [2.24, 2.45) is 10.2 Å². The van der Waals surface area contributed by atoms with Crippen molar-refractivity contribution in [1.82, 2.24) is 4.98 Å². The molecule has 7 heteroatoms. The monoisotopic (exact) mass is 342 g/mol. The van der Waals surface area contributed by atoms with E-state index in [4.69, 9.17) is 10.2 Å². The van der Waals surface area contributed by atoms with Crippen LogP contribution in [0.3, 0.4) is 0 Å². The van der Waals surface area contributed by atoms with Crippen LogP contribution in [0.15, 0.2) is 58.8 Å². The number of para-hydroxylation sites is 1. The number of hydrogen-bond donors (Lipinski definition) is 2. The summed E-state index contributed by atoms with van der Waals surface area (Å²) in [6, 6.07) is 15.4. The van der Waals surface area contributed by atoms with Gasteiger partial charge >= 0.3 is 0 Å². The molecule has 0 fully saturated rings. The van der Waals surface area contributed by atoms with Crippen LogP contribution < -0.4 is 4.90 Å². The Kier molecular flexibility index (Phi) is 5.47. The molecule has 24 heavy (non-hydrogen) atoms. The first kappa shape index (κ1) is 16.5. The van der Waals surface area contributed by atoms with E-state index in [2.05, 4.69) is 15.2 Å². The Balaban J connectivity index is 1.73. The largest absolute Gasteiger partial charge is 0.395 e. The molecule has 0 aliphatic rings. The zero-order valence-corrected chi connectivity index (χ0v) is 13.9. The zero-order valence-electron chi connectivity index (χ0n) is 13.0. The second kappa shape index (κ2) is 7.96. The fourth-order valence-corrected chi connectivity index (χ4v) is 3.13. The summed E-state index contributed by atoms with van der Waals surface area (Å²) < 4.78 is 1.09. The third kappa shape index (κ3) is 3.94. The van der Waals surface area contributed by atoms with Gasteiger partial charge in [0, 0.05) is 18.8 Å². The van der Waals surface area contributed by atoms with E-state index in [-0.39, 0.29) is 13.2 Å². The molecular formula is C17H18N4O2S. The molecule has 0 unspecified atom stereocenters. The van der Waals surface area contributed by atoms with E-state index in [0.717, 1.165) is 21.6 Å². The number of rotatable bonds is 7. The molecule has 0 aliphatic carbocycles. The van der Waals surface area contributed by atoms with Crippen molar-refractivity contribution in [2.75, 3.05) is 31.2 Å². The maximum atomic E-state index is 9.09. The molecule has 0 amide bonds. The molecule has 0 saturated heterocycles. The molecule has 0 radical (unpaired) electrons. The Bertz CT molecular complexity index is 778. The van der Waals surface area contributed by atoms with Crippen LogP contribution in [0.2, 0.25) is 0 Å². The Labute approximate surface area is 143 Å². The predicted octanol–water partition coefficient (Wildman–Crippen LogP) is 3.50. The summed E-state index contributed by atoms with van der Waals surface area (Å²) in [5, 5.41) is 27.2. The molecule has 124 valence electrons. The predicted molar refractivity (Wildman–Crippen MR) is 96.6 cm³/mol. The summed E-state index contributed by atoms with van der Waals surface area (Å²) in [6.07, 6.45) is 0. The van der Waals surface area contributed by atoms with Crippen LogP contribution in [0.4, 0.5) is 16.5 Å². The third-order valence-corrected chi connectivity index (χ3v) is 4.41. The van der Waals surface area contributed by atoms with E-state index in [9.17, 15) is 0 Å². The minimum atomic E-state index is 0.0407. The lowest BCUT2D eigenvalue weighted by molar-refractivity contribution is 0.281. The van der Waals surface area contributed by atoms with Gasteiger partial charge in [-0.3, -0.25) is 0 Å². The average Bonchev–Trinajstić information content (AvgIpc) is 3.03. The minimum absolute atomic E-state index is 0.0407. The average molecular weight is 342 g/mol. The number of benzene rings is 2. The van der Waals surface area contributed by atoms with Crippen molar-refractivity contribution in [1.29, 1.82) is 0 Å². The summed E-state index contributed by atoms with van der Waals surface area (Å²) >= 11 is 1.50. The SMILES string of the molecule is OCCN(CCO)c1ccc(N=Nc2nc3ccccc3s2)cc1. The first-order chi connectivity index (χ1) is 11.8. The molecule has 0 aliphatic heterocycles. The summed E-state index contributed by atoms with van der Waals surface area (Å²) in [7, 11) is 0. The molecule has 1 heterocycles. The molecule has 3 aromatic rings. The Morgan fingerprint density at radius 3 is 2.29 bits per heavy atom. The Hall–Kier alpha value is -2.35. The van der Waals surface area contributed by atoms with Crippen molar-refractivity contribution in [3.05, 3.63) is 48.5 Å². The van der Waals surface area contributed by atoms with Crippen LogP contribution in [0.25, 0.3) is 10.2 Å². The number of anilines is 1. The molecular weight excluding hydrogens is 324 g/mol. The molecule has 6 nitrogen and oxygen atoms in total. The highest BCUT2D eigenvalue weighted by Crippen LogP contribution is 2.29. The van der Waals surface area contributed by atoms with Gasteiger partial charge in [-0.05, 0) is 36.4 Å². The van der Waals surface area contributed by atoms with Crippen LogP contribution >= 0.6 is 11.3 Å². The second-order valence-corrected chi connectivity index (χ2v) is 6.12. The highest BCUT2D eigenvalue weighted by Gasteiger charge is 2.05. The molecule has 2 N–H and O–H groups in total. The highest BCUT2D eigenvalue weighted by atomic mass is 32.1. The lowest BCUT2D eigenvalue weighted by Crippen LogP contribution is -2.29. The second-order valence-electron chi connectivity index (χ2n) is 5.11. The standard InChI is InChI=1S/C17H18N4O2S/c22-11-9-21(10-12-23)14-7-5-13(6-8-14)19-20-17-18-15-3-1-2-4-16(15)24-17/h1-8,22-23H,9-12H2. The maximum Gasteiger partial charge on any atom is 0.231 e. The van der Waals surface area contributed by atoms with E-state index in [1.165, 1.54) is 11.3 Å². The number of fused-ring (bicyclic) bond motifs is 1. The van der Waals surface area contributed by atoms with Gasteiger partial charge < -0.3 is 15.1 Å². The van der Waals surface area contributed by atoms with Crippen LogP contribution in [0.5, 0.6) is 0 Å². The van der Waals surface area contributed by atoms with Gasteiger partial charge in [0.1, 0.15) is 0 Å². The number of hydrogen-bond acceptors (Lipinski definition) is 7. The third-order valence-electron chi connectivity index (χ3n) is 3.49. The van der Waals surface area contributed by atoms with Gasteiger partial charge in [0.15, 0.2) is 0 Å². The van der Waals surface area contributed by atoms with Crippen molar-refractivity contribution >= 4 is 38.1 Å². The van der Waals surface area contributed by atoms with Crippen molar-refractivity contribution in [3.8, 4) is 0 Å². The zero-order chi connectivity index (χ0) is 16.8. The molecule has 0 bridgehead atoms. The summed E-state index contributed by atoms with van der Waals surface area (Å²) in [4.78, 5) is 6.33. The topological polar surface area (TPSA) is 81.3 Å². The Morgan fingerprint density at radius 1 is 0.917 bits per heavy atom. The van der Waals surface area contributed by atoms with Crippen molar-refractivity contribution in [2.45, 2.75) is 0 Å². The minimum Gasteiger partial charge on any atom is -0.395 e. The van der Waals surface area contributed by atoms with Gasteiger partial charge in [-0.2, -0.15) is 0 Å². The molecule has 0 saturated carbocycles. The molecule has 1 aromatic heterocycles. The summed E-state index contributed by atoms with van der Waals surface area (Å²) in [5.41, 5.74) is 2.58.